The highest BCUT2D eigenvalue weighted by Crippen LogP contribution is 2.42. The van der Waals surface area contributed by atoms with E-state index in [-0.39, 0.29) is 17.8 Å². The zero-order valence-corrected chi connectivity index (χ0v) is 24.1. The molecule has 1 heterocycles. The average Bonchev–Trinajstić information content (AvgIpc) is 3.70. The van der Waals surface area contributed by atoms with Gasteiger partial charge in [-0.2, -0.15) is 5.10 Å². The number of aryl methyl sites for hydroxylation is 1. The molecule has 214 valence electrons. The topological polar surface area (TPSA) is 107 Å². The number of rotatable bonds is 12. The van der Waals surface area contributed by atoms with E-state index in [2.05, 4.69) is 9.82 Å². The van der Waals surface area contributed by atoms with Crippen LogP contribution in [0.1, 0.15) is 64.1 Å². The van der Waals surface area contributed by atoms with Gasteiger partial charge in [0, 0.05) is 13.0 Å². The molecule has 1 aliphatic carbocycles. The Morgan fingerprint density at radius 1 is 1.05 bits per heavy atom. The summed E-state index contributed by atoms with van der Waals surface area (Å²) in [6.07, 6.45) is 4.50. The van der Waals surface area contributed by atoms with Gasteiger partial charge in [-0.1, -0.05) is 67.4 Å². The Balaban J connectivity index is 1.55. The average molecular weight is 575 g/mol. The van der Waals surface area contributed by atoms with Gasteiger partial charge in [-0.15, -0.1) is 0 Å². The largest absolute Gasteiger partial charge is 0.326 e. The van der Waals surface area contributed by atoms with Gasteiger partial charge in [0.1, 0.15) is 11.5 Å². The second-order valence-corrected chi connectivity index (χ2v) is 12.7. The summed E-state index contributed by atoms with van der Waals surface area (Å²) >= 11 is 0. The Bertz CT molecular complexity index is 1670. The maximum absolute atomic E-state index is 15.3. The number of sulfonamides is 1. The van der Waals surface area contributed by atoms with Crippen molar-refractivity contribution in [1.29, 1.82) is 0 Å². The summed E-state index contributed by atoms with van der Waals surface area (Å²) in [5.41, 5.74) is 8.83. The third-order valence-corrected chi connectivity index (χ3v) is 8.37. The number of nitrogens with zero attached hydrogens (tertiary/aromatic N) is 2. The van der Waals surface area contributed by atoms with Crippen LogP contribution in [0, 0.1) is 18.7 Å². The Morgan fingerprint density at radius 2 is 1.80 bits per heavy atom. The fourth-order valence-electron chi connectivity index (χ4n) is 5.44. The summed E-state index contributed by atoms with van der Waals surface area (Å²) in [4.78, 5) is 13.6. The smallest absolute Gasteiger partial charge is 0.209 e. The molecular formula is C32H35FN4O3S. The molecule has 1 saturated carbocycles. The summed E-state index contributed by atoms with van der Waals surface area (Å²) < 4.78 is 45.2. The molecule has 41 heavy (non-hydrogen) atoms. The minimum absolute atomic E-state index is 0.190. The molecule has 9 heteroatoms. The Labute approximate surface area is 240 Å². The zero-order valence-electron chi connectivity index (χ0n) is 23.3. The zero-order chi connectivity index (χ0) is 29.2. The number of ketones is 1. The molecule has 0 bridgehead atoms. The highest BCUT2D eigenvalue weighted by Gasteiger charge is 2.39. The van der Waals surface area contributed by atoms with E-state index in [0.29, 0.717) is 41.5 Å². The number of Topliss-reactive ketones (excluding diaryl/α,β-unsaturated/α-hetero) is 1. The number of carbonyl (C=O) groups excluding carboxylic acids is 1. The van der Waals surface area contributed by atoms with Gasteiger partial charge in [-0.25, -0.2) is 22.2 Å². The molecule has 3 aromatic carbocycles. The van der Waals surface area contributed by atoms with E-state index >= 15 is 4.39 Å². The van der Waals surface area contributed by atoms with Crippen molar-refractivity contribution in [2.24, 2.45) is 11.7 Å². The van der Waals surface area contributed by atoms with Crippen LogP contribution in [0.2, 0.25) is 0 Å². The third-order valence-electron chi connectivity index (χ3n) is 7.65. The monoisotopic (exact) mass is 574 g/mol. The van der Waals surface area contributed by atoms with Crippen molar-refractivity contribution in [2.75, 3.05) is 6.26 Å². The number of aromatic nitrogens is 2. The molecule has 1 atom stereocenters. The van der Waals surface area contributed by atoms with E-state index in [0.717, 1.165) is 36.6 Å². The van der Waals surface area contributed by atoms with Crippen molar-refractivity contribution in [2.45, 2.75) is 51.1 Å². The molecule has 0 spiro atoms. The molecule has 0 radical (unpaired) electrons. The Morgan fingerprint density at radius 3 is 2.49 bits per heavy atom. The van der Waals surface area contributed by atoms with Gasteiger partial charge in [-0.3, -0.25) is 4.79 Å². The molecule has 0 aliphatic heterocycles. The molecule has 7 nitrogen and oxygen atoms in total. The maximum Gasteiger partial charge on any atom is 0.209 e. The van der Waals surface area contributed by atoms with Gasteiger partial charge in [0.15, 0.2) is 5.78 Å². The lowest BCUT2D eigenvalue weighted by Crippen LogP contribution is -2.46. The molecule has 1 fully saturated rings. The van der Waals surface area contributed by atoms with E-state index in [1.54, 1.807) is 29.8 Å². The fourth-order valence-corrected chi connectivity index (χ4v) is 6.41. The van der Waals surface area contributed by atoms with E-state index in [4.69, 9.17) is 5.73 Å². The fraction of sp³-hybridized carbons (Fsp3) is 0.312. The predicted molar refractivity (Wildman–Crippen MR) is 158 cm³/mol. The van der Waals surface area contributed by atoms with Crippen LogP contribution in [0.25, 0.3) is 5.69 Å². The lowest BCUT2D eigenvalue weighted by molar-refractivity contribution is 0.0984. The van der Waals surface area contributed by atoms with Crippen LogP contribution in [0.3, 0.4) is 0 Å². The first-order valence-corrected chi connectivity index (χ1v) is 15.7. The minimum Gasteiger partial charge on any atom is -0.326 e. The van der Waals surface area contributed by atoms with Gasteiger partial charge >= 0.3 is 0 Å². The van der Waals surface area contributed by atoms with Crippen molar-refractivity contribution in [3.05, 3.63) is 118 Å². The summed E-state index contributed by atoms with van der Waals surface area (Å²) in [6.45, 7) is 2.15. The Kier molecular flexibility index (Phi) is 8.22. The van der Waals surface area contributed by atoms with Gasteiger partial charge in [0.2, 0.25) is 10.0 Å². The van der Waals surface area contributed by atoms with Crippen LogP contribution in [-0.4, -0.2) is 30.2 Å². The molecule has 5 rings (SSSR count). The second kappa shape index (κ2) is 11.7. The van der Waals surface area contributed by atoms with Crippen LogP contribution >= 0.6 is 0 Å². The van der Waals surface area contributed by atoms with Crippen LogP contribution in [0.4, 0.5) is 4.39 Å². The molecule has 4 aromatic rings. The van der Waals surface area contributed by atoms with Crippen LogP contribution < -0.4 is 10.5 Å². The van der Waals surface area contributed by atoms with E-state index in [9.17, 15) is 13.2 Å². The first-order valence-electron chi connectivity index (χ1n) is 13.8. The highest BCUT2D eigenvalue weighted by atomic mass is 32.2. The van der Waals surface area contributed by atoms with Crippen molar-refractivity contribution in [1.82, 2.24) is 14.5 Å². The van der Waals surface area contributed by atoms with Gasteiger partial charge < -0.3 is 5.73 Å². The number of nitrogens with one attached hydrogen (secondary N) is 1. The van der Waals surface area contributed by atoms with Crippen LogP contribution in [-0.2, 0) is 28.5 Å². The number of hydrogen-bond donors (Lipinski definition) is 2. The first kappa shape index (κ1) is 28.9. The third kappa shape index (κ3) is 6.64. The summed E-state index contributed by atoms with van der Waals surface area (Å²) in [5, 5.41) is 4.51. The SMILES string of the molecule is Cc1cc(C(=O)Cc2cc(C(CCC3CC3)(NS(C)(=O)=O)c3ccccc3)ccc2F)n(-c2cccc(CN)c2)n1. The lowest BCUT2D eigenvalue weighted by atomic mass is 9.78. The number of benzene rings is 3. The first-order chi connectivity index (χ1) is 19.6. The van der Waals surface area contributed by atoms with E-state index in [1.807, 2.05) is 54.6 Å². The van der Waals surface area contributed by atoms with Crippen LogP contribution in [0.5, 0.6) is 0 Å². The van der Waals surface area contributed by atoms with Crippen molar-refractivity contribution < 1.29 is 17.6 Å². The molecule has 1 aliphatic rings. The molecule has 0 saturated heterocycles. The predicted octanol–water partition coefficient (Wildman–Crippen LogP) is 5.19. The van der Waals surface area contributed by atoms with Gasteiger partial charge in [0.25, 0.3) is 0 Å². The second-order valence-electron chi connectivity index (χ2n) is 11.0. The molecule has 3 N–H and O–H groups in total. The standard InChI is InChI=1S/C32H35FN4O3S/c1-22-17-30(37(35-22)28-10-6-7-24(18-28)21-34)31(38)20-25-19-27(13-14-29(25)33)32(36-41(2,39)40,16-15-23-11-12-23)26-8-4-3-5-9-26/h3-10,13-14,17-19,23,36H,11-12,15-16,20-21,34H2,1-2H3. The van der Waals surface area contributed by atoms with E-state index in [1.165, 1.54) is 6.07 Å². The molecular weight excluding hydrogens is 539 g/mol. The quantitative estimate of drug-likeness (QED) is 0.227. The number of hydrogen-bond acceptors (Lipinski definition) is 5. The van der Waals surface area contributed by atoms with Crippen molar-refractivity contribution in [3.8, 4) is 5.69 Å². The Hall–Kier alpha value is -3.66. The normalized spacial score (nSPS) is 15.0. The molecule has 0 amide bonds. The number of carbonyl (C=O) groups is 1. The molecule has 1 unspecified atom stereocenters. The van der Waals surface area contributed by atoms with Gasteiger partial charge in [-0.05, 0) is 72.2 Å². The molecule has 1 aromatic heterocycles. The maximum atomic E-state index is 15.3. The number of halogens is 1. The summed E-state index contributed by atoms with van der Waals surface area (Å²) in [7, 11) is -3.67. The highest BCUT2D eigenvalue weighted by molar-refractivity contribution is 7.88. The van der Waals surface area contributed by atoms with Crippen molar-refractivity contribution in [3.63, 3.8) is 0 Å². The minimum atomic E-state index is -3.67. The van der Waals surface area contributed by atoms with Crippen LogP contribution in [0.15, 0.2) is 78.9 Å². The summed E-state index contributed by atoms with van der Waals surface area (Å²) in [6, 6.07) is 23.1. The number of nitrogens with two attached hydrogens (primary N) is 1. The summed E-state index contributed by atoms with van der Waals surface area (Å²) in [5.74, 6) is -0.292. The van der Waals surface area contributed by atoms with E-state index < -0.39 is 21.4 Å². The van der Waals surface area contributed by atoms with Gasteiger partial charge in [0.05, 0.1) is 23.2 Å². The van der Waals surface area contributed by atoms with Crippen molar-refractivity contribution >= 4 is 15.8 Å². The lowest BCUT2D eigenvalue weighted by Gasteiger charge is -2.36.